The highest BCUT2D eigenvalue weighted by Gasteiger charge is 2.68. The monoisotopic (exact) mass is 724 g/mol. The molecular weight excluding hydrogens is 668 g/mol. The molecule has 52 heavy (non-hydrogen) atoms. The average molecular weight is 725 g/mol. The standard InChI is InChI=1S/C38H56N6O8/c1-10-11-17-25(30(46)33(48)39-20-27(45)41-28(34(49)43(8)9)21-15-13-12-14-16-21)40-32(47)29-24-19-26(23-18-22(23)24)44(29)35(50)31(37(2,3)4)42-36(51)52-38(5,6)7/h12-16,22-26,28-29,31H,10-11,17-20H2,1-9H3,(H,39,48)(H,40,47)(H,41,45)(H,42,51). The van der Waals surface area contributed by atoms with Crippen LogP contribution in [0.5, 0.6) is 0 Å². The van der Waals surface area contributed by atoms with E-state index in [1.807, 2.05) is 27.7 Å². The van der Waals surface area contributed by atoms with Crippen molar-refractivity contribution in [2.45, 2.75) is 116 Å². The molecule has 14 heteroatoms. The third-order valence-electron chi connectivity index (χ3n) is 10.0. The van der Waals surface area contributed by atoms with Crippen molar-refractivity contribution in [3.63, 3.8) is 0 Å². The van der Waals surface area contributed by atoms with Gasteiger partial charge in [0.2, 0.25) is 29.4 Å². The Balaban J connectivity index is 1.46. The van der Waals surface area contributed by atoms with Crippen LogP contribution in [0.2, 0.25) is 0 Å². The Hall–Kier alpha value is -4.49. The largest absolute Gasteiger partial charge is 0.444 e. The van der Waals surface area contributed by atoms with E-state index in [-0.39, 0.29) is 30.2 Å². The molecule has 4 N–H and O–H groups in total. The molecule has 0 radical (unpaired) electrons. The lowest BCUT2D eigenvalue weighted by molar-refractivity contribution is -0.148. The molecule has 6 amide bonds. The molecule has 0 spiro atoms. The molecule has 1 aromatic rings. The number of benzene rings is 1. The predicted molar refractivity (Wildman–Crippen MR) is 192 cm³/mol. The Labute approximate surface area is 306 Å². The molecule has 1 saturated heterocycles. The minimum atomic E-state index is -1.19. The number of nitrogens with one attached hydrogen (secondary N) is 4. The molecule has 3 aliphatic rings. The van der Waals surface area contributed by atoms with E-state index in [9.17, 15) is 33.6 Å². The number of rotatable bonds is 14. The third kappa shape index (κ3) is 9.48. The lowest BCUT2D eigenvalue weighted by Gasteiger charge is -2.40. The number of nitrogens with zero attached hydrogens (tertiary/aromatic N) is 2. The van der Waals surface area contributed by atoms with E-state index >= 15 is 0 Å². The van der Waals surface area contributed by atoms with Crippen LogP contribution in [0, 0.1) is 23.2 Å². The lowest BCUT2D eigenvalue weighted by atomic mass is 9.85. The van der Waals surface area contributed by atoms with Crippen molar-refractivity contribution < 1.29 is 38.3 Å². The van der Waals surface area contributed by atoms with Crippen molar-refractivity contribution in [2.75, 3.05) is 20.6 Å². The van der Waals surface area contributed by atoms with Crippen LogP contribution in [0.25, 0.3) is 0 Å². The number of amides is 6. The van der Waals surface area contributed by atoms with Gasteiger partial charge in [0.1, 0.15) is 23.7 Å². The van der Waals surface area contributed by atoms with Crippen LogP contribution >= 0.6 is 0 Å². The van der Waals surface area contributed by atoms with Crippen molar-refractivity contribution in [3.05, 3.63) is 35.9 Å². The summed E-state index contributed by atoms with van der Waals surface area (Å²) >= 11 is 0. The van der Waals surface area contributed by atoms with Gasteiger partial charge in [0.15, 0.2) is 0 Å². The topological polar surface area (TPSA) is 183 Å². The highest BCUT2D eigenvalue weighted by molar-refractivity contribution is 6.38. The second-order valence-electron chi connectivity index (χ2n) is 16.6. The summed E-state index contributed by atoms with van der Waals surface area (Å²) in [6, 6.07) is 4.44. The van der Waals surface area contributed by atoms with Gasteiger partial charge in [0.05, 0.1) is 12.6 Å². The molecule has 8 atom stereocenters. The molecule has 2 aliphatic carbocycles. The number of unbranched alkanes of at least 4 members (excludes halogenated alkanes) is 1. The van der Waals surface area contributed by atoms with Gasteiger partial charge in [-0.3, -0.25) is 28.8 Å². The Morgan fingerprint density at radius 3 is 2.12 bits per heavy atom. The summed E-state index contributed by atoms with van der Waals surface area (Å²) < 4.78 is 5.46. The SMILES string of the molecule is CCCCC(NC(=O)C1C2CC(C3CC32)N1C(=O)C(NC(=O)OC(C)(C)C)C(C)(C)C)C(=O)C(=O)NCC(=O)NC(C(=O)N(C)C)c1ccccc1. The van der Waals surface area contributed by atoms with Crippen molar-refractivity contribution in [1.82, 2.24) is 31.1 Å². The second-order valence-corrected chi connectivity index (χ2v) is 16.6. The Kier molecular flexibility index (Phi) is 12.4. The van der Waals surface area contributed by atoms with Gasteiger partial charge in [-0.1, -0.05) is 70.9 Å². The third-order valence-corrected chi connectivity index (χ3v) is 10.0. The van der Waals surface area contributed by atoms with Crippen LogP contribution in [0.4, 0.5) is 4.79 Å². The number of ether oxygens (including phenoxy) is 1. The summed E-state index contributed by atoms with van der Waals surface area (Å²) in [5.74, 6) is -3.46. The van der Waals surface area contributed by atoms with Crippen LogP contribution < -0.4 is 21.3 Å². The number of likely N-dealkylation sites (tertiary alicyclic amines) is 1. The first kappa shape index (κ1) is 40.3. The number of hydrogen-bond acceptors (Lipinski definition) is 8. The minimum Gasteiger partial charge on any atom is -0.444 e. The normalized spacial score (nSPS) is 23.3. The van der Waals surface area contributed by atoms with Gasteiger partial charge < -0.3 is 35.8 Å². The van der Waals surface area contributed by atoms with Gasteiger partial charge in [0.25, 0.3) is 5.91 Å². The van der Waals surface area contributed by atoms with E-state index in [1.165, 1.54) is 4.90 Å². The van der Waals surface area contributed by atoms with Gasteiger partial charge in [-0.05, 0) is 68.8 Å². The molecule has 4 rings (SSSR count). The fourth-order valence-electron chi connectivity index (χ4n) is 7.48. The van der Waals surface area contributed by atoms with Gasteiger partial charge >= 0.3 is 6.09 Å². The van der Waals surface area contributed by atoms with Crippen LogP contribution in [-0.2, 0) is 33.5 Å². The molecule has 1 heterocycles. The fraction of sp³-hybridized carbons (Fsp3) is 0.658. The number of alkyl carbamates (subject to hydrolysis) is 1. The summed E-state index contributed by atoms with van der Waals surface area (Å²) in [5.41, 5.74) is -0.943. The number of fused-ring (bicyclic) bond motifs is 5. The predicted octanol–water partition coefficient (Wildman–Crippen LogP) is 2.47. The summed E-state index contributed by atoms with van der Waals surface area (Å²) in [5, 5.41) is 10.5. The van der Waals surface area contributed by atoms with Crippen LogP contribution in [0.1, 0.15) is 92.2 Å². The zero-order valence-corrected chi connectivity index (χ0v) is 31.9. The van der Waals surface area contributed by atoms with Crippen LogP contribution in [0.15, 0.2) is 30.3 Å². The molecule has 8 unspecified atom stereocenters. The lowest BCUT2D eigenvalue weighted by Crippen LogP contribution is -2.62. The maximum absolute atomic E-state index is 14.3. The smallest absolute Gasteiger partial charge is 0.408 e. The van der Waals surface area contributed by atoms with Crippen molar-refractivity contribution in [1.29, 1.82) is 0 Å². The van der Waals surface area contributed by atoms with Gasteiger partial charge in [-0.25, -0.2) is 4.79 Å². The summed E-state index contributed by atoms with van der Waals surface area (Å²) in [7, 11) is 3.13. The van der Waals surface area contributed by atoms with E-state index in [1.54, 1.807) is 70.1 Å². The summed E-state index contributed by atoms with van der Waals surface area (Å²) in [6.07, 6.45) is 2.21. The second kappa shape index (κ2) is 16.0. The van der Waals surface area contributed by atoms with E-state index < -0.39 is 77.2 Å². The maximum Gasteiger partial charge on any atom is 0.408 e. The maximum atomic E-state index is 14.3. The zero-order chi connectivity index (χ0) is 38.7. The Morgan fingerprint density at radius 2 is 1.54 bits per heavy atom. The van der Waals surface area contributed by atoms with Crippen molar-refractivity contribution >= 4 is 41.4 Å². The minimum absolute atomic E-state index is 0.108. The molecule has 1 aromatic carbocycles. The number of likely N-dealkylation sites (N-methyl/N-ethyl adjacent to an activating group) is 1. The molecule has 286 valence electrons. The Morgan fingerprint density at radius 1 is 0.885 bits per heavy atom. The van der Waals surface area contributed by atoms with E-state index in [0.717, 1.165) is 6.42 Å². The van der Waals surface area contributed by atoms with E-state index in [2.05, 4.69) is 21.3 Å². The number of carbonyl (C=O) groups excluding carboxylic acids is 7. The van der Waals surface area contributed by atoms with Gasteiger partial charge in [0, 0.05) is 20.1 Å². The van der Waals surface area contributed by atoms with Gasteiger partial charge in [-0.2, -0.15) is 0 Å². The molecule has 3 fully saturated rings. The van der Waals surface area contributed by atoms with Crippen molar-refractivity contribution in [2.24, 2.45) is 23.2 Å². The number of piperidine rings is 1. The first-order valence-electron chi connectivity index (χ1n) is 18.2. The van der Waals surface area contributed by atoms with Crippen LogP contribution in [0.3, 0.4) is 0 Å². The van der Waals surface area contributed by atoms with Crippen LogP contribution in [-0.4, -0.2) is 102 Å². The highest BCUT2D eigenvalue weighted by atomic mass is 16.6. The number of ketones is 1. The average Bonchev–Trinajstić information content (AvgIpc) is 3.68. The molecule has 14 nitrogen and oxygen atoms in total. The van der Waals surface area contributed by atoms with E-state index in [0.29, 0.717) is 30.7 Å². The molecule has 1 aliphatic heterocycles. The first-order chi connectivity index (χ1) is 24.2. The fourth-order valence-corrected chi connectivity index (χ4v) is 7.48. The number of carbonyl (C=O) groups is 7. The van der Waals surface area contributed by atoms with E-state index in [4.69, 9.17) is 4.74 Å². The van der Waals surface area contributed by atoms with Crippen molar-refractivity contribution in [3.8, 4) is 0 Å². The molecule has 0 aromatic heterocycles. The van der Waals surface area contributed by atoms with Gasteiger partial charge in [-0.15, -0.1) is 0 Å². The number of Topliss-reactive ketones (excluding diaryl/α,β-unsaturated/α-hetero) is 1. The molecule has 2 saturated carbocycles. The molecule has 2 bridgehead atoms. The molecular formula is C38H56N6O8. The first-order valence-corrected chi connectivity index (χ1v) is 18.2. The highest BCUT2D eigenvalue weighted by Crippen LogP contribution is 2.63. The number of hydrogen-bond donors (Lipinski definition) is 4. The quantitative estimate of drug-likeness (QED) is 0.211. The zero-order valence-electron chi connectivity index (χ0n) is 31.9. The Bertz CT molecular complexity index is 1530. The summed E-state index contributed by atoms with van der Waals surface area (Å²) in [4.78, 5) is 96.6. The summed E-state index contributed by atoms with van der Waals surface area (Å²) in [6.45, 7) is 12.0.